The first kappa shape index (κ1) is 8.83. The SMILES string of the molecule is CC1(C)C=Cc2c(C#N)ccn2C=C1. The molecule has 70 valence electrons. The maximum Gasteiger partial charge on any atom is 0.101 e. The molecule has 0 aliphatic carbocycles. The molecule has 2 heteroatoms. The van der Waals surface area contributed by atoms with Crippen molar-refractivity contribution in [3.63, 3.8) is 0 Å². The fourth-order valence-electron chi connectivity index (χ4n) is 1.48. The van der Waals surface area contributed by atoms with Crippen LogP contribution in [0.15, 0.2) is 24.4 Å². The van der Waals surface area contributed by atoms with Crippen molar-refractivity contribution in [3.05, 3.63) is 35.7 Å². The second kappa shape index (κ2) is 2.88. The van der Waals surface area contributed by atoms with Crippen LogP contribution in [0.2, 0.25) is 0 Å². The lowest BCUT2D eigenvalue weighted by molar-refractivity contribution is 0.632. The molecule has 14 heavy (non-hydrogen) atoms. The molecule has 0 aromatic carbocycles. The number of rotatable bonds is 0. The highest BCUT2D eigenvalue weighted by Gasteiger charge is 2.14. The Balaban J connectivity index is 2.57. The summed E-state index contributed by atoms with van der Waals surface area (Å²) < 4.78 is 1.98. The van der Waals surface area contributed by atoms with Crippen molar-refractivity contribution in [3.8, 4) is 6.07 Å². The van der Waals surface area contributed by atoms with Gasteiger partial charge in [0, 0.05) is 17.8 Å². The Labute approximate surface area is 83.8 Å². The molecule has 1 aromatic rings. The zero-order valence-electron chi connectivity index (χ0n) is 8.36. The minimum Gasteiger partial charge on any atom is -0.323 e. The molecule has 0 saturated heterocycles. The summed E-state index contributed by atoms with van der Waals surface area (Å²) in [4.78, 5) is 0. The van der Waals surface area contributed by atoms with E-state index in [1.807, 2.05) is 29.1 Å². The maximum atomic E-state index is 8.88. The maximum absolute atomic E-state index is 8.88. The third kappa shape index (κ3) is 1.38. The van der Waals surface area contributed by atoms with Gasteiger partial charge in [0.15, 0.2) is 0 Å². The average Bonchev–Trinajstić information content (AvgIpc) is 2.47. The van der Waals surface area contributed by atoms with Crippen molar-refractivity contribution < 1.29 is 0 Å². The second-order valence-corrected chi connectivity index (χ2v) is 4.10. The van der Waals surface area contributed by atoms with Crippen LogP contribution in [0.1, 0.15) is 25.1 Å². The first-order chi connectivity index (χ1) is 6.62. The van der Waals surface area contributed by atoms with Gasteiger partial charge in [0.1, 0.15) is 6.07 Å². The predicted molar refractivity (Wildman–Crippen MR) is 57.3 cm³/mol. The molecule has 1 aromatic heterocycles. The van der Waals surface area contributed by atoms with Crippen LogP contribution >= 0.6 is 0 Å². The molecule has 2 heterocycles. The average molecular weight is 184 g/mol. The summed E-state index contributed by atoms with van der Waals surface area (Å²) in [6, 6.07) is 4.02. The lowest BCUT2D eigenvalue weighted by Crippen LogP contribution is -2.00. The lowest BCUT2D eigenvalue weighted by atomic mass is 9.93. The van der Waals surface area contributed by atoms with Crippen LogP contribution in [0.25, 0.3) is 12.3 Å². The van der Waals surface area contributed by atoms with Crippen molar-refractivity contribution in [2.24, 2.45) is 5.41 Å². The lowest BCUT2D eigenvalue weighted by Gasteiger charge is -2.11. The highest BCUT2D eigenvalue weighted by atomic mass is 14.9. The molecule has 0 spiro atoms. The summed E-state index contributed by atoms with van der Waals surface area (Å²) in [7, 11) is 0. The number of nitrogens with zero attached hydrogens (tertiary/aromatic N) is 2. The Morgan fingerprint density at radius 1 is 1.36 bits per heavy atom. The van der Waals surface area contributed by atoms with E-state index in [1.165, 1.54) is 0 Å². The van der Waals surface area contributed by atoms with Gasteiger partial charge in [0.25, 0.3) is 0 Å². The molecule has 1 aliphatic rings. The normalized spacial score (nSPS) is 17.2. The number of allylic oxidation sites excluding steroid dienone is 2. The van der Waals surface area contributed by atoms with Gasteiger partial charge >= 0.3 is 0 Å². The van der Waals surface area contributed by atoms with Gasteiger partial charge in [-0.3, -0.25) is 0 Å². The van der Waals surface area contributed by atoms with Gasteiger partial charge in [-0.15, -0.1) is 0 Å². The molecule has 2 rings (SSSR count). The van der Waals surface area contributed by atoms with E-state index in [9.17, 15) is 0 Å². The summed E-state index contributed by atoms with van der Waals surface area (Å²) in [5, 5.41) is 8.88. The van der Waals surface area contributed by atoms with Crippen LogP contribution in [0.5, 0.6) is 0 Å². The number of aromatic nitrogens is 1. The first-order valence-electron chi connectivity index (χ1n) is 4.62. The van der Waals surface area contributed by atoms with E-state index in [0.717, 1.165) is 11.3 Å². The van der Waals surface area contributed by atoms with Gasteiger partial charge in [-0.2, -0.15) is 5.26 Å². The summed E-state index contributed by atoms with van der Waals surface area (Å²) in [6.07, 6.45) is 10.2. The molecular formula is C12H12N2. The summed E-state index contributed by atoms with van der Waals surface area (Å²) in [6.45, 7) is 4.27. The predicted octanol–water partition coefficient (Wildman–Crippen LogP) is 2.88. The molecule has 0 unspecified atom stereocenters. The van der Waals surface area contributed by atoms with Crippen LogP contribution in [-0.2, 0) is 0 Å². The van der Waals surface area contributed by atoms with Gasteiger partial charge in [-0.05, 0) is 12.1 Å². The van der Waals surface area contributed by atoms with Crippen molar-refractivity contribution >= 4 is 12.3 Å². The van der Waals surface area contributed by atoms with E-state index in [0.29, 0.717) is 0 Å². The highest BCUT2D eigenvalue weighted by Crippen LogP contribution is 2.26. The molecule has 0 saturated carbocycles. The molecule has 0 bridgehead atoms. The highest BCUT2D eigenvalue weighted by molar-refractivity contribution is 5.61. The Hall–Kier alpha value is -1.75. The van der Waals surface area contributed by atoms with Gasteiger partial charge in [0.2, 0.25) is 0 Å². The van der Waals surface area contributed by atoms with Crippen LogP contribution in [0, 0.1) is 16.7 Å². The monoisotopic (exact) mass is 184 g/mol. The van der Waals surface area contributed by atoms with Crippen LogP contribution in [0.3, 0.4) is 0 Å². The van der Waals surface area contributed by atoms with Crippen LogP contribution in [0.4, 0.5) is 0 Å². The Morgan fingerprint density at radius 2 is 2.14 bits per heavy atom. The fourth-order valence-corrected chi connectivity index (χ4v) is 1.48. The van der Waals surface area contributed by atoms with E-state index in [4.69, 9.17) is 5.26 Å². The molecule has 0 atom stereocenters. The van der Waals surface area contributed by atoms with Gasteiger partial charge < -0.3 is 4.57 Å². The molecule has 0 fully saturated rings. The van der Waals surface area contributed by atoms with E-state index < -0.39 is 0 Å². The van der Waals surface area contributed by atoms with Crippen LogP contribution < -0.4 is 0 Å². The molecule has 0 radical (unpaired) electrons. The largest absolute Gasteiger partial charge is 0.323 e. The van der Waals surface area contributed by atoms with E-state index >= 15 is 0 Å². The summed E-state index contributed by atoms with van der Waals surface area (Å²) >= 11 is 0. The zero-order chi connectivity index (χ0) is 10.2. The van der Waals surface area contributed by atoms with Crippen LogP contribution in [-0.4, -0.2) is 4.57 Å². The summed E-state index contributed by atoms with van der Waals surface area (Å²) in [5.74, 6) is 0. The number of hydrogen-bond donors (Lipinski definition) is 0. The first-order valence-corrected chi connectivity index (χ1v) is 4.62. The van der Waals surface area contributed by atoms with E-state index in [-0.39, 0.29) is 5.41 Å². The zero-order valence-corrected chi connectivity index (χ0v) is 8.36. The summed E-state index contributed by atoms with van der Waals surface area (Å²) in [5.41, 5.74) is 1.75. The van der Waals surface area contributed by atoms with Crippen molar-refractivity contribution in [2.45, 2.75) is 13.8 Å². The van der Waals surface area contributed by atoms with Crippen molar-refractivity contribution in [1.29, 1.82) is 5.26 Å². The minimum absolute atomic E-state index is 0.0613. The molecular weight excluding hydrogens is 172 g/mol. The minimum atomic E-state index is 0.0613. The third-order valence-corrected chi connectivity index (χ3v) is 2.41. The Morgan fingerprint density at radius 3 is 2.86 bits per heavy atom. The van der Waals surface area contributed by atoms with Gasteiger partial charge in [-0.1, -0.05) is 26.0 Å². The molecule has 0 amide bonds. The number of nitriles is 1. The molecule has 2 nitrogen and oxygen atoms in total. The number of hydrogen-bond acceptors (Lipinski definition) is 1. The standard InChI is InChI=1S/C12H12N2/c1-12(2)5-3-11-10(9-13)4-7-14(11)8-6-12/h3-8H,1-2H3. The second-order valence-electron chi connectivity index (χ2n) is 4.10. The topological polar surface area (TPSA) is 28.7 Å². The van der Waals surface area contributed by atoms with E-state index in [2.05, 4.69) is 32.1 Å². The quantitative estimate of drug-likeness (QED) is 0.609. The Bertz CT molecular complexity index is 453. The fraction of sp³-hybridized carbons (Fsp3) is 0.250. The number of fused-ring (bicyclic) bond motifs is 1. The Kier molecular flexibility index (Phi) is 1.82. The smallest absolute Gasteiger partial charge is 0.101 e. The van der Waals surface area contributed by atoms with Gasteiger partial charge in [0.05, 0.1) is 11.3 Å². The molecule has 0 N–H and O–H groups in total. The van der Waals surface area contributed by atoms with Crippen molar-refractivity contribution in [2.75, 3.05) is 0 Å². The van der Waals surface area contributed by atoms with Gasteiger partial charge in [-0.25, -0.2) is 0 Å². The van der Waals surface area contributed by atoms with E-state index in [1.54, 1.807) is 0 Å². The van der Waals surface area contributed by atoms with Crippen molar-refractivity contribution in [1.82, 2.24) is 4.57 Å². The molecule has 1 aliphatic heterocycles. The third-order valence-electron chi connectivity index (χ3n) is 2.41.